The minimum absolute atomic E-state index is 0.211. The van der Waals surface area contributed by atoms with Crippen LogP contribution >= 0.6 is 11.6 Å². The molecular formula is C15H28ClN3O. The summed E-state index contributed by atoms with van der Waals surface area (Å²) < 4.78 is 7.65. The lowest BCUT2D eigenvalue weighted by Gasteiger charge is -2.35. The van der Waals surface area contributed by atoms with Crippen molar-refractivity contribution >= 4 is 11.6 Å². The quantitative estimate of drug-likeness (QED) is 0.802. The predicted molar refractivity (Wildman–Crippen MR) is 84.4 cm³/mol. The normalized spacial score (nSPS) is 13.8. The molecular weight excluding hydrogens is 274 g/mol. The van der Waals surface area contributed by atoms with Gasteiger partial charge < -0.3 is 10.1 Å². The molecule has 0 bridgehead atoms. The van der Waals surface area contributed by atoms with Gasteiger partial charge in [0.05, 0.1) is 11.3 Å². The van der Waals surface area contributed by atoms with Crippen molar-refractivity contribution in [1.82, 2.24) is 15.1 Å². The molecule has 1 rings (SSSR count). The van der Waals surface area contributed by atoms with E-state index in [1.165, 1.54) is 0 Å². The Hall–Kier alpha value is -0.580. The highest BCUT2D eigenvalue weighted by Gasteiger charge is 2.31. The highest BCUT2D eigenvalue weighted by Crippen LogP contribution is 2.25. The molecule has 1 heterocycles. The second kappa shape index (κ2) is 7.43. The van der Waals surface area contributed by atoms with Crippen LogP contribution in [0.4, 0.5) is 0 Å². The Morgan fingerprint density at radius 3 is 2.50 bits per heavy atom. The zero-order chi connectivity index (χ0) is 15.3. The van der Waals surface area contributed by atoms with E-state index in [0.29, 0.717) is 6.61 Å². The van der Waals surface area contributed by atoms with Gasteiger partial charge in [-0.25, -0.2) is 0 Å². The first-order valence-electron chi connectivity index (χ1n) is 7.38. The molecule has 1 atom stereocenters. The van der Waals surface area contributed by atoms with Gasteiger partial charge in [-0.1, -0.05) is 18.5 Å². The van der Waals surface area contributed by atoms with Gasteiger partial charge in [-0.15, -0.1) is 0 Å². The van der Waals surface area contributed by atoms with Crippen LogP contribution < -0.4 is 5.32 Å². The Labute approximate surface area is 127 Å². The van der Waals surface area contributed by atoms with Crippen LogP contribution in [0.1, 0.15) is 45.4 Å². The SMILES string of the molecule is CCCNC(Cc1c(C)nn(C)c1Cl)C(C)(C)OCC. The maximum absolute atomic E-state index is 6.35. The second-order valence-corrected chi connectivity index (χ2v) is 6.08. The average Bonchev–Trinajstić information content (AvgIpc) is 2.59. The Kier molecular flexibility index (Phi) is 6.49. The van der Waals surface area contributed by atoms with E-state index >= 15 is 0 Å². The molecule has 116 valence electrons. The number of aromatic nitrogens is 2. The van der Waals surface area contributed by atoms with Crippen LogP contribution in [0.5, 0.6) is 0 Å². The van der Waals surface area contributed by atoms with E-state index < -0.39 is 0 Å². The van der Waals surface area contributed by atoms with E-state index in [1.54, 1.807) is 4.68 Å². The van der Waals surface area contributed by atoms with Crippen LogP contribution in [-0.4, -0.2) is 34.6 Å². The highest BCUT2D eigenvalue weighted by molar-refractivity contribution is 6.30. The fourth-order valence-corrected chi connectivity index (χ4v) is 2.72. The molecule has 1 aromatic rings. The Balaban J connectivity index is 2.94. The van der Waals surface area contributed by atoms with Gasteiger partial charge in [0.25, 0.3) is 0 Å². The Morgan fingerprint density at radius 1 is 1.40 bits per heavy atom. The van der Waals surface area contributed by atoms with Crippen LogP contribution in [0.3, 0.4) is 0 Å². The Bertz CT molecular complexity index is 429. The van der Waals surface area contributed by atoms with Crippen molar-refractivity contribution in [2.45, 2.75) is 59.1 Å². The number of ether oxygens (including phenoxy) is 1. The maximum Gasteiger partial charge on any atom is 0.130 e. The number of nitrogens with zero attached hydrogens (tertiary/aromatic N) is 2. The van der Waals surface area contributed by atoms with Crippen molar-refractivity contribution in [2.24, 2.45) is 7.05 Å². The molecule has 5 heteroatoms. The Morgan fingerprint density at radius 2 is 2.05 bits per heavy atom. The van der Waals surface area contributed by atoms with Crippen LogP contribution in [0.15, 0.2) is 0 Å². The molecule has 1 N–H and O–H groups in total. The molecule has 0 amide bonds. The van der Waals surface area contributed by atoms with Gasteiger partial charge in [-0.2, -0.15) is 5.10 Å². The number of aryl methyl sites for hydroxylation is 2. The molecule has 0 aliphatic rings. The third-order valence-electron chi connectivity index (χ3n) is 3.67. The van der Waals surface area contributed by atoms with Gasteiger partial charge >= 0.3 is 0 Å². The van der Waals surface area contributed by atoms with Gasteiger partial charge in [0.1, 0.15) is 5.15 Å². The standard InChI is InChI=1S/C15H28ClN3O/c1-7-9-17-13(15(4,5)20-8-2)10-12-11(3)18-19(6)14(12)16/h13,17H,7-10H2,1-6H3. The van der Waals surface area contributed by atoms with E-state index in [0.717, 1.165) is 35.8 Å². The fraction of sp³-hybridized carbons (Fsp3) is 0.800. The largest absolute Gasteiger partial charge is 0.374 e. The number of rotatable bonds is 8. The molecule has 4 nitrogen and oxygen atoms in total. The highest BCUT2D eigenvalue weighted by atomic mass is 35.5. The van der Waals surface area contributed by atoms with Crippen molar-refractivity contribution in [2.75, 3.05) is 13.2 Å². The summed E-state index contributed by atoms with van der Waals surface area (Å²) in [5.41, 5.74) is 1.86. The monoisotopic (exact) mass is 301 g/mol. The topological polar surface area (TPSA) is 39.1 Å². The van der Waals surface area contributed by atoms with Crippen LogP contribution in [0, 0.1) is 6.92 Å². The first kappa shape index (κ1) is 17.5. The van der Waals surface area contributed by atoms with E-state index in [1.807, 2.05) is 20.9 Å². The molecule has 0 saturated heterocycles. The summed E-state index contributed by atoms with van der Waals surface area (Å²) in [6.07, 6.45) is 1.92. The third-order valence-corrected chi connectivity index (χ3v) is 4.15. The van der Waals surface area contributed by atoms with Crippen LogP contribution in [-0.2, 0) is 18.2 Å². The fourth-order valence-electron chi connectivity index (χ4n) is 2.46. The summed E-state index contributed by atoms with van der Waals surface area (Å²) in [6.45, 7) is 12.1. The summed E-state index contributed by atoms with van der Waals surface area (Å²) in [5.74, 6) is 0. The predicted octanol–water partition coefficient (Wildman–Crippen LogP) is 3.11. The van der Waals surface area contributed by atoms with Gasteiger partial charge in [0.15, 0.2) is 0 Å². The molecule has 1 unspecified atom stereocenters. The van der Waals surface area contributed by atoms with Crippen molar-refractivity contribution in [1.29, 1.82) is 0 Å². The van der Waals surface area contributed by atoms with Gasteiger partial charge in [0, 0.05) is 25.3 Å². The molecule has 20 heavy (non-hydrogen) atoms. The first-order valence-corrected chi connectivity index (χ1v) is 7.76. The number of hydrogen-bond donors (Lipinski definition) is 1. The second-order valence-electron chi connectivity index (χ2n) is 5.73. The molecule has 0 aliphatic heterocycles. The zero-order valence-corrected chi connectivity index (χ0v) is 14.3. The molecule has 0 spiro atoms. The summed E-state index contributed by atoms with van der Waals surface area (Å²) >= 11 is 6.35. The van der Waals surface area contributed by atoms with Crippen molar-refractivity contribution in [3.8, 4) is 0 Å². The van der Waals surface area contributed by atoms with Crippen molar-refractivity contribution in [3.63, 3.8) is 0 Å². The van der Waals surface area contributed by atoms with Gasteiger partial charge in [0.2, 0.25) is 0 Å². The number of hydrogen-bond acceptors (Lipinski definition) is 3. The zero-order valence-electron chi connectivity index (χ0n) is 13.6. The van der Waals surface area contributed by atoms with E-state index in [4.69, 9.17) is 16.3 Å². The lowest BCUT2D eigenvalue weighted by molar-refractivity contribution is -0.0380. The van der Waals surface area contributed by atoms with E-state index in [9.17, 15) is 0 Å². The number of nitrogens with one attached hydrogen (secondary N) is 1. The minimum Gasteiger partial charge on any atom is -0.374 e. The molecule has 0 aromatic carbocycles. The van der Waals surface area contributed by atoms with E-state index in [2.05, 4.69) is 31.2 Å². The summed E-state index contributed by atoms with van der Waals surface area (Å²) in [4.78, 5) is 0. The maximum atomic E-state index is 6.35. The third kappa shape index (κ3) is 4.21. The van der Waals surface area contributed by atoms with Gasteiger partial charge in [-0.05, 0) is 47.1 Å². The smallest absolute Gasteiger partial charge is 0.130 e. The lowest BCUT2D eigenvalue weighted by atomic mass is 9.92. The first-order chi connectivity index (χ1) is 9.33. The molecule has 0 fully saturated rings. The summed E-state index contributed by atoms with van der Waals surface area (Å²) in [5, 5.41) is 8.69. The van der Waals surface area contributed by atoms with Crippen LogP contribution in [0.2, 0.25) is 5.15 Å². The summed E-state index contributed by atoms with van der Waals surface area (Å²) in [6, 6.07) is 0.211. The average molecular weight is 302 g/mol. The molecule has 1 aromatic heterocycles. The lowest BCUT2D eigenvalue weighted by Crippen LogP contribution is -2.50. The minimum atomic E-state index is -0.241. The van der Waals surface area contributed by atoms with Crippen molar-refractivity contribution < 1.29 is 4.74 Å². The summed E-state index contributed by atoms with van der Waals surface area (Å²) in [7, 11) is 1.88. The molecule has 0 aliphatic carbocycles. The number of halogens is 1. The molecule has 0 saturated carbocycles. The van der Waals surface area contributed by atoms with Gasteiger partial charge in [-0.3, -0.25) is 4.68 Å². The van der Waals surface area contributed by atoms with E-state index in [-0.39, 0.29) is 11.6 Å². The molecule has 0 radical (unpaired) electrons. The van der Waals surface area contributed by atoms with Crippen LogP contribution in [0.25, 0.3) is 0 Å². The van der Waals surface area contributed by atoms with Crippen molar-refractivity contribution in [3.05, 3.63) is 16.4 Å².